The van der Waals surface area contributed by atoms with Crippen LogP contribution in [0.1, 0.15) is 5.56 Å². The van der Waals surface area contributed by atoms with Crippen molar-refractivity contribution in [2.45, 2.75) is 6.92 Å². The summed E-state index contributed by atoms with van der Waals surface area (Å²) >= 11 is 0. The first kappa shape index (κ1) is 14.6. The predicted molar refractivity (Wildman–Crippen MR) is 84.9 cm³/mol. The molecule has 4 rings (SSSR count). The van der Waals surface area contributed by atoms with Gasteiger partial charge in [-0.15, -0.1) is 0 Å². The lowest BCUT2D eigenvalue weighted by molar-refractivity contribution is 0.172. The van der Waals surface area contributed by atoms with Gasteiger partial charge in [0, 0.05) is 17.0 Å². The van der Waals surface area contributed by atoms with Crippen LogP contribution in [0.25, 0.3) is 10.9 Å². The maximum atomic E-state index is 14.2. The molecule has 24 heavy (non-hydrogen) atoms. The molecule has 0 fully saturated rings. The van der Waals surface area contributed by atoms with E-state index in [9.17, 15) is 8.78 Å². The Kier molecular flexibility index (Phi) is 3.41. The molecule has 0 spiro atoms. The number of nitrogens with one attached hydrogen (secondary N) is 1. The summed E-state index contributed by atoms with van der Waals surface area (Å²) in [6.45, 7) is 2.32. The van der Waals surface area contributed by atoms with Gasteiger partial charge in [-0.05, 0) is 25.1 Å². The van der Waals surface area contributed by atoms with Crippen molar-refractivity contribution >= 4 is 22.4 Å². The Morgan fingerprint density at radius 1 is 1.04 bits per heavy atom. The Morgan fingerprint density at radius 2 is 1.79 bits per heavy atom. The van der Waals surface area contributed by atoms with E-state index in [2.05, 4.69) is 15.3 Å². The quantitative estimate of drug-likeness (QED) is 0.776. The number of aromatic nitrogens is 2. The van der Waals surface area contributed by atoms with Gasteiger partial charge >= 0.3 is 0 Å². The fraction of sp³-hybridized carbons (Fsp3) is 0.176. The van der Waals surface area contributed by atoms with Gasteiger partial charge in [-0.2, -0.15) is 0 Å². The Labute approximate surface area is 136 Å². The van der Waals surface area contributed by atoms with Crippen molar-refractivity contribution in [2.75, 3.05) is 18.5 Å². The summed E-state index contributed by atoms with van der Waals surface area (Å²) in [6.07, 6.45) is 1.37. The van der Waals surface area contributed by atoms with Crippen LogP contribution in [0.5, 0.6) is 11.5 Å². The second kappa shape index (κ2) is 5.59. The number of rotatable bonds is 2. The number of nitrogens with zero attached hydrogens (tertiary/aromatic N) is 2. The fourth-order valence-corrected chi connectivity index (χ4v) is 2.58. The van der Waals surface area contributed by atoms with Crippen LogP contribution >= 0.6 is 0 Å². The number of hydrogen-bond acceptors (Lipinski definition) is 5. The zero-order chi connectivity index (χ0) is 16.7. The molecular formula is C17H13F2N3O2. The molecule has 1 aliphatic heterocycles. The number of anilines is 2. The van der Waals surface area contributed by atoms with Crippen molar-refractivity contribution in [3.05, 3.63) is 47.8 Å². The third-order valence-electron chi connectivity index (χ3n) is 3.87. The molecule has 2 heterocycles. The smallest absolute Gasteiger partial charge is 0.163 e. The van der Waals surface area contributed by atoms with Crippen LogP contribution in [0.2, 0.25) is 0 Å². The average Bonchev–Trinajstić information content (AvgIpc) is 2.61. The van der Waals surface area contributed by atoms with Crippen LogP contribution in [0.3, 0.4) is 0 Å². The molecule has 122 valence electrons. The first-order chi connectivity index (χ1) is 11.6. The van der Waals surface area contributed by atoms with Gasteiger partial charge in [0.1, 0.15) is 31.2 Å². The molecule has 0 saturated carbocycles. The first-order valence-corrected chi connectivity index (χ1v) is 7.39. The van der Waals surface area contributed by atoms with Crippen LogP contribution in [-0.4, -0.2) is 23.2 Å². The minimum atomic E-state index is -0.653. The van der Waals surface area contributed by atoms with Gasteiger partial charge in [0.15, 0.2) is 17.3 Å². The molecule has 0 saturated heterocycles. The lowest BCUT2D eigenvalue weighted by Gasteiger charge is -2.19. The van der Waals surface area contributed by atoms with E-state index in [1.54, 1.807) is 12.1 Å². The van der Waals surface area contributed by atoms with Crippen molar-refractivity contribution in [2.24, 2.45) is 0 Å². The number of halogens is 2. The molecule has 0 atom stereocenters. The van der Waals surface area contributed by atoms with Gasteiger partial charge in [0.05, 0.1) is 11.2 Å². The standard InChI is InChI=1S/C17H13F2N3O2/c1-9-11(18)2-3-12(16(9)19)22-17-10-6-14-15(24-5-4-23-14)7-13(10)20-8-21-17/h2-3,6-8H,4-5H2,1H3,(H,20,21,22). The summed E-state index contributed by atoms with van der Waals surface area (Å²) in [5.74, 6) is 0.357. The summed E-state index contributed by atoms with van der Waals surface area (Å²) in [4.78, 5) is 8.37. The molecule has 0 aliphatic carbocycles. The van der Waals surface area contributed by atoms with E-state index in [1.807, 2.05) is 0 Å². The summed E-state index contributed by atoms with van der Waals surface area (Å²) in [5.41, 5.74) is 0.729. The Morgan fingerprint density at radius 3 is 2.58 bits per heavy atom. The normalized spacial score (nSPS) is 13.1. The summed E-state index contributed by atoms with van der Waals surface area (Å²) in [5, 5.41) is 3.56. The molecule has 0 amide bonds. The van der Waals surface area contributed by atoms with E-state index >= 15 is 0 Å². The van der Waals surface area contributed by atoms with Gasteiger partial charge in [-0.1, -0.05) is 0 Å². The largest absolute Gasteiger partial charge is 0.486 e. The predicted octanol–water partition coefficient (Wildman–Crippen LogP) is 3.73. The van der Waals surface area contributed by atoms with Crippen molar-refractivity contribution in [3.8, 4) is 11.5 Å². The summed E-state index contributed by atoms with van der Waals surface area (Å²) < 4.78 is 38.7. The lowest BCUT2D eigenvalue weighted by Crippen LogP contribution is -2.15. The Hall–Kier alpha value is -2.96. The average molecular weight is 329 g/mol. The summed E-state index contributed by atoms with van der Waals surface area (Å²) in [7, 11) is 0. The van der Waals surface area contributed by atoms with E-state index in [-0.39, 0.29) is 11.3 Å². The van der Waals surface area contributed by atoms with Gasteiger partial charge in [-0.25, -0.2) is 18.7 Å². The first-order valence-electron chi connectivity index (χ1n) is 7.39. The van der Waals surface area contributed by atoms with Crippen LogP contribution in [0.4, 0.5) is 20.3 Å². The van der Waals surface area contributed by atoms with Crippen molar-refractivity contribution in [3.63, 3.8) is 0 Å². The Balaban J connectivity index is 1.81. The van der Waals surface area contributed by atoms with E-state index in [1.165, 1.54) is 25.4 Å². The van der Waals surface area contributed by atoms with Crippen LogP contribution in [0, 0.1) is 18.6 Å². The molecule has 0 unspecified atom stereocenters. The maximum absolute atomic E-state index is 14.2. The minimum absolute atomic E-state index is 0.0486. The fourth-order valence-electron chi connectivity index (χ4n) is 2.58. The molecule has 1 aromatic heterocycles. The van der Waals surface area contributed by atoms with Crippen molar-refractivity contribution in [1.29, 1.82) is 0 Å². The zero-order valence-electron chi connectivity index (χ0n) is 12.8. The van der Waals surface area contributed by atoms with E-state index in [0.717, 1.165) is 0 Å². The second-order valence-corrected chi connectivity index (χ2v) is 5.39. The van der Waals surface area contributed by atoms with Crippen LogP contribution in [-0.2, 0) is 0 Å². The van der Waals surface area contributed by atoms with E-state index in [0.29, 0.717) is 41.4 Å². The van der Waals surface area contributed by atoms with Gasteiger partial charge in [0.25, 0.3) is 0 Å². The number of benzene rings is 2. The highest BCUT2D eigenvalue weighted by Crippen LogP contribution is 2.36. The van der Waals surface area contributed by atoms with Gasteiger partial charge < -0.3 is 14.8 Å². The molecule has 3 aromatic rings. The molecule has 1 N–H and O–H groups in total. The monoisotopic (exact) mass is 329 g/mol. The highest BCUT2D eigenvalue weighted by molar-refractivity contribution is 5.93. The highest BCUT2D eigenvalue weighted by atomic mass is 19.1. The molecular weight excluding hydrogens is 316 g/mol. The maximum Gasteiger partial charge on any atom is 0.163 e. The molecule has 0 bridgehead atoms. The second-order valence-electron chi connectivity index (χ2n) is 5.39. The van der Waals surface area contributed by atoms with Crippen LogP contribution < -0.4 is 14.8 Å². The van der Waals surface area contributed by atoms with Crippen molar-refractivity contribution in [1.82, 2.24) is 9.97 Å². The van der Waals surface area contributed by atoms with Gasteiger partial charge in [-0.3, -0.25) is 0 Å². The molecule has 7 heteroatoms. The number of hydrogen-bond donors (Lipinski definition) is 1. The van der Waals surface area contributed by atoms with E-state index in [4.69, 9.17) is 9.47 Å². The molecule has 1 aliphatic rings. The zero-order valence-corrected chi connectivity index (χ0v) is 12.8. The van der Waals surface area contributed by atoms with Crippen LogP contribution in [0.15, 0.2) is 30.6 Å². The third-order valence-corrected chi connectivity index (χ3v) is 3.87. The third kappa shape index (κ3) is 2.38. The van der Waals surface area contributed by atoms with Crippen molar-refractivity contribution < 1.29 is 18.3 Å². The van der Waals surface area contributed by atoms with E-state index < -0.39 is 11.6 Å². The molecule has 2 aromatic carbocycles. The molecule has 0 radical (unpaired) electrons. The Bertz CT molecular complexity index is 947. The summed E-state index contributed by atoms with van der Waals surface area (Å²) in [6, 6.07) is 6.05. The highest BCUT2D eigenvalue weighted by Gasteiger charge is 2.17. The number of ether oxygens (including phenoxy) is 2. The number of fused-ring (bicyclic) bond motifs is 2. The minimum Gasteiger partial charge on any atom is -0.486 e. The molecule has 5 nitrogen and oxygen atoms in total. The lowest BCUT2D eigenvalue weighted by atomic mass is 10.1. The van der Waals surface area contributed by atoms with Gasteiger partial charge in [0.2, 0.25) is 0 Å². The topological polar surface area (TPSA) is 56.3 Å². The SMILES string of the molecule is Cc1c(F)ccc(Nc2ncnc3cc4c(cc23)OCCO4)c1F.